The van der Waals surface area contributed by atoms with Crippen molar-refractivity contribution in [1.29, 1.82) is 0 Å². The molecule has 2 aromatic rings. The third-order valence-electron chi connectivity index (χ3n) is 2.72. The van der Waals surface area contributed by atoms with Crippen LogP contribution in [0, 0.1) is 6.92 Å². The van der Waals surface area contributed by atoms with Gasteiger partial charge in [-0.2, -0.15) is 13.2 Å². The Balaban J connectivity index is 2.02. The minimum absolute atomic E-state index is 0.340. The molecular formula is C13H13F3N2O2S. The van der Waals surface area contributed by atoms with Gasteiger partial charge in [-0.15, -0.1) is 0 Å². The quantitative estimate of drug-likeness (QED) is 0.938. The number of halogens is 3. The number of ether oxygens (including phenoxy) is 1. The molecule has 1 atom stereocenters. The second-order valence-electron chi connectivity index (χ2n) is 4.50. The fourth-order valence-electron chi connectivity index (χ4n) is 1.64. The largest absolute Gasteiger partial charge is 0.411 e. The topological polar surface area (TPSA) is 51.2 Å². The molecule has 1 aromatic carbocycles. The van der Waals surface area contributed by atoms with Crippen LogP contribution in [-0.4, -0.2) is 29.8 Å². The number of nitrogens with one attached hydrogen (secondary N) is 1. The van der Waals surface area contributed by atoms with Crippen molar-refractivity contribution in [3.63, 3.8) is 0 Å². The summed E-state index contributed by atoms with van der Waals surface area (Å²) in [5.41, 5.74) is 1.73. The van der Waals surface area contributed by atoms with Gasteiger partial charge in [-0.3, -0.25) is 10.1 Å². The smallest absolute Gasteiger partial charge is 0.359 e. The van der Waals surface area contributed by atoms with E-state index in [0.717, 1.165) is 15.8 Å². The SMILES string of the molecule is Cc1cccc2sc(NC(=O)[C@@H](C)OCC(F)(F)F)nc12. The van der Waals surface area contributed by atoms with Gasteiger partial charge < -0.3 is 4.74 Å². The highest BCUT2D eigenvalue weighted by atomic mass is 32.1. The zero-order chi connectivity index (χ0) is 15.6. The Morgan fingerprint density at radius 3 is 2.81 bits per heavy atom. The van der Waals surface area contributed by atoms with Gasteiger partial charge >= 0.3 is 6.18 Å². The lowest BCUT2D eigenvalue weighted by Crippen LogP contribution is -2.31. The van der Waals surface area contributed by atoms with E-state index in [-0.39, 0.29) is 0 Å². The molecule has 1 N–H and O–H groups in total. The van der Waals surface area contributed by atoms with Crippen LogP contribution in [0.25, 0.3) is 10.2 Å². The molecule has 0 aliphatic rings. The summed E-state index contributed by atoms with van der Waals surface area (Å²) in [6, 6.07) is 5.62. The molecule has 0 bridgehead atoms. The van der Waals surface area contributed by atoms with Crippen LogP contribution in [0.15, 0.2) is 18.2 Å². The predicted molar refractivity (Wildman–Crippen MR) is 74.5 cm³/mol. The number of rotatable bonds is 4. The summed E-state index contributed by atoms with van der Waals surface area (Å²) in [4.78, 5) is 16.0. The number of anilines is 1. The molecule has 0 fully saturated rings. The molecule has 0 aliphatic carbocycles. The first-order chi connectivity index (χ1) is 9.76. The van der Waals surface area contributed by atoms with E-state index in [9.17, 15) is 18.0 Å². The van der Waals surface area contributed by atoms with Crippen molar-refractivity contribution in [3.05, 3.63) is 23.8 Å². The number of thiazole rings is 1. The average molecular weight is 318 g/mol. The number of nitrogens with zero attached hydrogens (tertiary/aromatic N) is 1. The summed E-state index contributed by atoms with van der Waals surface area (Å²) in [5.74, 6) is -0.657. The van der Waals surface area contributed by atoms with Crippen LogP contribution in [0.5, 0.6) is 0 Å². The monoisotopic (exact) mass is 318 g/mol. The van der Waals surface area contributed by atoms with Crippen LogP contribution in [-0.2, 0) is 9.53 Å². The Morgan fingerprint density at radius 1 is 1.48 bits per heavy atom. The molecule has 0 aliphatic heterocycles. The van der Waals surface area contributed by atoms with Gasteiger partial charge in [-0.25, -0.2) is 4.98 Å². The van der Waals surface area contributed by atoms with Crippen LogP contribution in [0.2, 0.25) is 0 Å². The fraction of sp³-hybridized carbons (Fsp3) is 0.385. The highest BCUT2D eigenvalue weighted by Gasteiger charge is 2.30. The third-order valence-corrected chi connectivity index (χ3v) is 3.65. The van der Waals surface area contributed by atoms with E-state index < -0.39 is 24.8 Å². The number of benzene rings is 1. The van der Waals surface area contributed by atoms with Crippen LogP contribution in [0.1, 0.15) is 12.5 Å². The first kappa shape index (κ1) is 15.7. The summed E-state index contributed by atoms with van der Waals surface area (Å²) in [7, 11) is 0. The lowest BCUT2D eigenvalue weighted by molar-refractivity contribution is -0.184. The number of hydrogen-bond donors (Lipinski definition) is 1. The number of alkyl halides is 3. The number of para-hydroxylation sites is 1. The van der Waals surface area contributed by atoms with Gasteiger partial charge in [0.05, 0.1) is 10.2 Å². The van der Waals surface area contributed by atoms with E-state index >= 15 is 0 Å². The van der Waals surface area contributed by atoms with E-state index in [2.05, 4.69) is 15.0 Å². The van der Waals surface area contributed by atoms with E-state index in [1.54, 1.807) is 0 Å². The predicted octanol–water partition coefficient (Wildman–Crippen LogP) is 3.51. The van der Waals surface area contributed by atoms with Crippen molar-refractivity contribution in [2.75, 3.05) is 11.9 Å². The molecule has 0 saturated heterocycles. The second-order valence-corrected chi connectivity index (χ2v) is 5.53. The molecule has 0 radical (unpaired) electrons. The molecule has 1 heterocycles. The van der Waals surface area contributed by atoms with Gasteiger partial charge in [0.15, 0.2) is 5.13 Å². The van der Waals surface area contributed by atoms with E-state index in [1.807, 2.05) is 25.1 Å². The number of carbonyl (C=O) groups is 1. The fourth-order valence-corrected chi connectivity index (χ4v) is 2.59. The summed E-state index contributed by atoms with van der Waals surface area (Å²) < 4.78 is 41.4. The van der Waals surface area contributed by atoms with E-state index in [1.165, 1.54) is 18.3 Å². The maximum atomic E-state index is 12.0. The zero-order valence-corrected chi connectivity index (χ0v) is 12.1. The van der Waals surface area contributed by atoms with Gasteiger partial charge in [0.1, 0.15) is 12.7 Å². The maximum absolute atomic E-state index is 12.0. The number of carbonyl (C=O) groups excluding carboxylic acids is 1. The second kappa shape index (κ2) is 5.98. The molecule has 0 unspecified atom stereocenters. The Kier molecular flexibility index (Phi) is 4.48. The van der Waals surface area contributed by atoms with Crippen LogP contribution < -0.4 is 5.32 Å². The molecule has 114 valence electrons. The molecule has 1 amide bonds. The molecule has 8 heteroatoms. The van der Waals surface area contributed by atoms with Crippen LogP contribution in [0.3, 0.4) is 0 Å². The van der Waals surface area contributed by atoms with Crippen molar-refractivity contribution >= 4 is 32.6 Å². The normalized spacial score (nSPS) is 13.4. The van der Waals surface area contributed by atoms with Crippen molar-refractivity contribution in [2.45, 2.75) is 26.1 Å². The summed E-state index contributed by atoms with van der Waals surface area (Å²) >= 11 is 1.26. The molecule has 4 nitrogen and oxygen atoms in total. The summed E-state index contributed by atoms with van der Waals surface area (Å²) in [6.45, 7) is 1.70. The van der Waals surface area contributed by atoms with Crippen molar-refractivity contribution < 1.29 is 22.7 Å². The number of fused-ring (bicyclic) bond motifs is 1. The van der Waals surface area contributed by atoms with Crippen molar-refractivity contribution in [3.8, 4) is 0 Å². The maximum Gasteiger partial charge on any atom is 0.411 e. The van der Waals surface area contributed by atoms with Crippen LogP contribution in [0.4, 0.5) is 18.3 Å². The molecule has 0 spiro atoms. The van der Waals surface area contributed by atoms with Gasteiger partial charge in [0, 0.05) is 0 Å². The Morgan fingerprint density at radius 2 is 2.19 bits per heavy atom. The Hall–Kier alpha value is -1.67. The lowest BCUT2D eigenvalue weighted by Gasteiger charge is -2.13. The van der Waals surface area contributed by atoms with Gasteiger partial charge in [-0.1, -0.05) is 23.5 Å². The first-order valence-corrected chi connectivity index (χ1v) is 6.93. The highest BCUT2D eigenvalue weighted by molar-refractivity contribution is 7.22. The number of aromatic nitrogens is 1. The van der Waals surface area contributed by atoms with Crippen molar-refractivity contribution in [1.82, 2.24) is 4.98 Å². The lowest BCUT2D eigenvalue weighted by atomic mass is 10.2. The minimum Gasteiger partial charge on any atom is -0.359 e. The molecular weight excluding hydrogens is 305 g/mol. The zero-order valence-electron chi connectivity index (χ0n) is 11.3. The van der Waals surface area contributed by atoms with E-state index in [4.69, 9.17) is 0 Å². The molecule has 21 heavy (non-hydrogen) atoms. The highest BCUT2D eigenvalue weighted by Crippen LogP contribution is 2.28. The Labute approximate surface area is 122 Å². The van der Waals surface area contributed by atoms with Gasteiger partial charge in [0.2, 0.25) is 0 Å². The standard InChI is InChI=1S/C13H13F3N2O2S/c1-7-4-3-5-9-10(7)17-12(21-9)18-11(19)8(2)20-6-13(14,15)16/h3-5,8H,6H2,1-2H3,(H,17,18,19)/t8-/m1/s1. The molecule has 0 saturated carbocycles. The van der Waals surface area contributed by atoms with Gasteiger partial charge in [-0.05, 0) is 25.5 Å². The van der Waals surface area contributed by atoms with Gasteiger partial charge in [0.25, 0.3) is 5.91 Å². The van der Waals surface area contributed by atoms with E-state index in [0.29, 0.717) is 5.13 Å². The van der Waals surface area contributed by atoms with Crippen LogP contribution >= 0.6 is 11.3 Å². The number of aryl methyl sites for hydroxylation is 1. The molecule has 2 rings (SSSR count). The summed E-state index contributed by atoms with van der Waals surface area (Å²) in [5, 5.41) is 2.81. The first-order valence-electron chi connectivity index (χ1n) is 6.11. The number of hydrogen-bond acceptors (Lipinski definition) is 4. The summed E-state index contributed by atoms with van der Waals surface area (Å²) in [6.07, 6.45) is -5.67. The third kappa shape index (κ3) is 4.15. The molecule has 1 aromatic heterocycles. The average Bonchev–Trinajstić information content (AvgIpc) is 2.79. The van der Waals surface area contributed by atoms with Crippen molar-refractivity contribution in [2.24, 2.45) is 0 Å². The Bertz CT molecular complexity index is 654. The number of amides is 1. The minimum atomic E-state index is -4.46.